The minimum absolute atomic E-state index is 0.0868. The fourth-order valence-electron chi connectivity index (χ4n) is 1.98. The van der Waals surface area contributed by atoms with Gasteiger partial charge in [-0.2, -0.15) is 0 Å². The SMILES string of the molecule is CCCCCCCCCCCC[N+]([O-])(C=O)C=O. The first kappa shape index (κ1) is 17.3. The molecule has 0 saturated carbocycles. The Kier molecular flexibility index (Phi) is 10.9. The van der Waals surface area contributed by atoms with Crippen LogP contribution in [-0.2, 0) is 9.59 Å². The van der Waals surface area contributed by atoms with E-state index < -0.39 is 4.65 Å². The summed E-state index contributed by atoms with van der Waals surface area (Å²) in [4.78, 5) is 20.8. The van der Waals surface area contributed by atoms with Gasteiger partial charge in [0.1, 0.15) is 0 Å². The summed E-state index contributed by atoms with van der Waals surface area (Å²) in [6.07, 6.45) is 12.0. The van der Waals surface area contributed by atoms with Gasteiger partial charge in [-0.1, -0.05) is 58.3 Å². The first-order chi connectivity index (χ1) is 8.68. The number of amides is 2. The van der Waals surface area contributed by atoms with Crippen LogP contribution in [0.3, 0.4) is 0 Å². The molecule has 0 N–H and O–H groups in total. The van der Waals surface area contributed by atoms with Gasteiger partial charge in [-0.15, -0.1) is 0 Å². The molecule has 0 fully saturated rings. The number of rotatable bonds is 13. The zero-order valence-electron chi connectivity index (χ0n) is 11.6. The Morgan fingerprint density at radius 3 is 1.56 bits per heavy atom. The van der Waals surface area contributed by atoms with E-state index in [9.17, 15) is 14.8 Å². The average molecular weight is 257 g/mol. The van der Waals surface area contributed by atoms with Crippen LogP contribution in [0.2, 0.25) is 0 Å². The van der Waals surface area contributed by atoms with Gasteiger partial charge in [0.25, 0.3) is 0 Å². The summed E-state index contributed by atoms with van der Waals surface area (Å²) >= 11 is 0. The fraction of sp³-hybridized carbons (Fsp3) is 0.857. The second kappa shape index (κ2) is 11.4. The fourth-order valence-corrected chi connectivity index (χ4v) is 1.98. The number of carbonyl (C=O) groups is 2. The maximum absolute atomic E-state index is 11.3. The van der Waals surface area contributed by atoms with Crippen molar-refractivity contribution in [2.45, 2.75) is 71.1 Å². The Labute approximate surface area is 111 Å². The molecule has 0 aliphatic heterocycles. The highest BCUT2D eigenvalue weighted by Crippen LogP contribution is 2.11. The van der Waals surface area contributed by atoms with Gasteiger partial charge in [0.2, 0.25) is 0 Å². The third-order valence-electron chi connectivity index (χ3n) is 3.22. The summed E-state index contributed by atoms with van der Waals surface area (Å²) in [5.41, 5.74) is 0. The largest absolute Gasteiger partial charge is 0.618 e. The number of nitrogens with zero attached hydrogens (tertiary/aromatic N) is 1. The van der Waals surface area contributed by atoms with E-state index in [0.29, 0.717) is 6.42 Å². The lowest BCUT2D eigenvalue weighted by Crippen LogP contribution is -2.39. The highest BCUT2D eigenvalue weighted by molar-refractivity contribution is 5.55. The molecule has 0 aliphatic rings. The zero-order chi connectivity index (χ0) is 13.7. The minimum atomic E-state index is -1.35. The maximum atomic E-state index is 11.3. The van der Waals surface area contributed by atoms with Crippen molar-refractivity contribution in [2.75, 3.05) is 6.54 Å². The van der Waals surface area contributed by atoms with E-state index in [0.717, 1.165) is 12.8 Å². The normalized spacial score (nSPS) is 11.4. The van der Waals surface area contributed by atoms with Crippen LogP contribution >= 0.6 is 0 Å². The van der Waals surface area contributed by atoms with Crippen molar-refractivity contribution in [3.05, 3.63) is 5.21 Å². The van der Waals surface area contributed by atoms with Crippen molar-refractivity contribution in [3.8, 4) is 0 Å². The number of hydroxylamine groups is 3. The van der Waals surface area contributed by atoms with Crippen LogP contribution in [0.4, 0.5) is 0 Å². The third-order valence-corrected chi connectivity index (χ3v) is 3.22. The number of carbonyl (C=O) groups excluding carboxylic acids is 2. The van der Waals surface area contributed by atoms with Crippen LogP contribution in [-0.4, -0.2) is 24.0 Å². The van der Waals surface area contributed by atoms with E-state index in [1.165, 1.54) is 44.9 Å². The van der Waals surface area contributed by atoms with Gasteiger partial charge in [-0.3, -0.25) is 0 Å². The van der Waals surface area contributed by atoms with Crippen molar-refractivity contribution >= 4 is 12.8 Å². The molecule has 0 aliphatic carbocycles. The van der Waals surface area contributed by atoms with Crippen molar-refractivity contribution in [1.29, 1.82) is 0 Å². The summed E-state index contributed by atoms with van der Waals surface area (Å²) in [7, 11) is 0. The van der Waals surface area contributed by atoms with E-state index in [4.69, 9.17) is 0 Å². The lowest BCUT2D eigenvalue weighted by atomic mass is 10.1. The van der Waals surface area contributed by atoms with Crippen molar-refractivity contribution in [3.63, 3.8) is 0 Å². The molecule has 4 nitrogen and oxygen atoms in total. The summed E-state index contributed by atoms with van der Waals surface area (Å²) in [6.45, 7) is 2.30. The van der Waals surface area contributed by atoms with Crippen LogP contribution in [0.1, 0.15) is 71.1 Å². The number of quaternary nitrogens is 1. The first-order valence-electron chi connectivity index (χ1n) is 7.19. The molecule has 0 aromatic carbocycles. The minimum Gasteiger partial charge on any atom is -0.618 e. The van der Waals surface area contributed by atoms with Crippen LogP contribution in [0.25, 0.3) is 0 Å². The van der Waals surface area contributed by atoms with Gasteiger partial charge in [0, 0.05) is 0 Å². The molecule has 0 saturated heterocycles. The molecule has 18 heavy (non-hydrogen) atoms. The number of hydrogen-bond donors (Lipinski definition) is 0. The Hall–Kier alpha value is -0.740. The summed E-state index contributed by atoms with van der Waals surface area (Å²) in [6, 6.07) is 0. The van der Waals surface area contributed by atoms with E-state index in [1.54, 1.807) is 0 Å². The molecule has 0 bridgehead atoms. The lowest BCUT2D eigenvalue weighted by molar-refractivity contribution is -0.705. The van der Waals surface area contributed by atoms with E-state index in [-0.39, 0.29) is 19.4 Å². The molecule has 106 valence electrons. The second-order valence-electron chi connectivity index (χ2n) is 4.97. The van der Waals surface area contributed by atoms with E-state index in [2.05, 4.69) is 6.92 Å². The molecule has 2 amide bonds. The topological polar surface area (TPSA) is 57.2 Å². The maximum Gasteiger partial charge on any atom is 0.308 e. The van der Waals surface area contributed by atoms with Crippen LogP contribution in [0.5, 0.6) is 0 Å². The van der Waals surface area contributed by atoms with Gasteiger partial charge in [-0.05, 0) is 12.8 Å². The second-order valence-corrected chi connectivity index (χ2v) is 4.97. The van der Waals surface area contributed by atoms with Gasteiger partial charge < -0.3 is 5.21 Å². The molecule has 0 heterocycles. The average Bonchev–Trinajstić information content (AvgIpc) is 2.40. The molecule has 0 radical (unpaired) electrons. The Morgan fingerprint density at radius 2 is 1.17 bits per heavy atom. The zero-order valence-corrected chi connectivity index (χ0v) is 11.6. The summed E-state index contributed by atoms with van der Waals surface area (Å²) in [5.74, 6) is 0. The summed E-state index contributed by atoms with van der Waals surface area (Å²) < 4.78 is -1.35. The Morgan fingerprint density at radius 1 is 0.778 bits per heavy atom. The van der Waals surface area contributed by atoms with Crippen LogP contribution in [0, 0.1) is 5.21 Å². The van der Waals surface area contributed by atoms with Gasteiger partial charge in [0.05, 0.1) is 6.54 Å². The smallest absolute Gasteiger partial charge is 0.308 e. The lowest BCUT2D eigenvalue weighted by Gasteiger charge is -2.27. The van der Waals surface area contributed by atoms with Crippen molar-refractivity contribution in [1.82, 2.24) is 0 Å². The number of hydrogen-bond acceptors (Lipinski definition) is 3. The Bertz CT molecular complexity index is 211. The molecule has 4 heteroatoms. The molecule has 0 spiro atoms. The molecule has 0 rings (SSSR count). The highest BCUT2D eigenvalue weighted by atomic mass is 16.6. The van der Waals surface area contributed by atoms with Crippen LogP contribution in [0.15, 0.2) is 0 Å². The molecular formula is C14H27NO3. The predicted molar refractivity (Wildman–Crippen MR) is 72.5 cm³/mol. The molecule has 0 aromatic heterocycles. The standard InChI is InChI=1S/C14H27NO3/c1-2-3-4-5-6-7-8-9-10-11-12-15(18,13-16)14-17/h13-14H,2-12H2,1H3. The highest BCUT2D eigenvalue weighted by Gasteiger charge is 2.13. The van der Waals surface area contributed by atoms with Gasteiger partial charge in [0.15, 0.2) is 0 Å². The monoisotopic (exact) mass is 257 g/mol. The molecule has 0 atom stereocenters. The number of imide groups is 1. The van der Waals surface area contributed by atoms with Crippen molar-refractivity contribution in [2.24, 2.45) is 0 Å². The quantitative estimate of drug-likeness (QED) is 0.219. The van der Waals surface area contributed by atoms with Gasteiger partial charge in [-0.25, -0.2) is 14.2 Å². The van der Waals surface area contributed by atoms with Crippen molar-refractivity contribution < 1.29 is 14.2 Å². The van der Waals surface area contributed by atoms with Crippen LogP contribution < -0.4 is 0 Å². The van der Waals surface area contributed by atoms with E-state index >= 15 is 0 Å². The third kappa shape index (κ3) is 9.31. The van der Waals surface area contributed by atoms with Gasteiger partial charge >= 0.3 is 12.8 Å². The molecule has 0 unspecified atom stereocenters. The molecular weight excluding hydrogens is 230 g/mol. The predicted octanol–water partition coefficient (Wildman–Crippen LogP) is 3.53. The Balaban J connectivity index is 3.26. The van der Waals surface area contributed by atoms with E-state index in [1.807, 2.05) is 0 Å². The summed E-state index contributed by atoms with van der Waals surface area (Å²) in [5, 5.41) is 11.3. The molecule has 0 aromatic rings. The number of unbranched alkanes of at least 4 members (excludes halogenated alkanes) is 9. The first-order valence-corrected chi connectivity index (χ1v) is 7.19.